The Balaban J connectivity index is 1.63. The molecule has 2 aromatic carbocycles. The highest BCUT2D eigenvalue weighted by atomic mass is 32.2. The van der Waals surface area contributed by atoms with E-state index in [4.69, 9.17) is 0 Å². The Kier molecular flexibility index (Phi) is 6.93. The fourth-order valence-electron chi connectivity index (χ4n) is 3.21. The lowest BCUT2D eigenvalue weighted by atomic mass is 10.1. The van der Waals surface area contributed by atoms with Crippen molar-refractivity contribution >= 4 is 35.0 Å². The van der Waals surface area contributed by atoms with E-state index in [0.29, 0.717) is 12.2 Å². The van der Waals surface area contributed by atoms with Crippen molar-refractivity contribution in [2.75, 3.05) is 16.0 Å². The predicted molar refractivity (Wildman–Crippen MR) is 113 cm³/mol. The largest absolute Gasteiger partial charge is 0.326 e. The minimum atomic E-state index is -0.0290. The van der Waals surface area contributed by atoms with E-state index in [-0.39, 0.29) is 17.2 Å². The molecule has 0 aliphatic carbocycles. The number of nitrogens with zero attached hydrogens (tertiary/aromatic N) is 1. The summed E-state index contributed by atoms with van der Waals surface area (Å²) in [5.74, 6) is 0.673. The Morgan fingerprint density at radius 1 is 1.07 bits per heavy atom. The van der Waals surface area contributed by atoms with Gasteiger partial charge in [0.25, 0.3) is 0 Å². The van der Waals surface area contributed by atoms with Gasteiger partial charge in [0.2, 0.25) is 11.8 Å². The fourth-order valence-corrected chi connectivity index (χ4v) is 4.38. The molecule has 2 amide bonds. The molecule has 27 heavy (non-hydrogen) atoms. The second kappa shape index (κ2) is 9.60. The SMILES string of the molecule is CCCCCCC(=O)Nc1ccc(C2SCC(=O)N2c2ccccc2)cc1. The third-order valence-electron chi connectivity index (χ3n) is 4.64. The van der Waals surface area contributed by atoms with Crippen molar-refractivity contribution in [3.63, 3.8) is 0 Å². The van der Waals surface area contributed by atoms with Crippen molar-refractivity contribution in [2.24, 2.45) is 0 Å². The van der Waals surface area contributed by atoms with Crippen LogP contribution in [0.4, 0.5) is 11.4 Å². The van der Waals surface area contributed by atoms with Crippen LogP contribution in [0.1, 0.15) is 50.0 Å². The van der Waals surface area contributed by atoms with Crippen molar-refractivity contribution < 1.29 is 9.59 Å². The van der Waals surface area contributed by atoms with Gasteiger partial charge in [-0.1, -0.05) is 56.5 Å². The van der Waals surface area contributed by atoms with E-state index in [1.807, 2.05) is 59.5 Å². The third kappa shape index (κ3) is 5.13. The number of hydrogen-bond acceptors (Lipinski definition) is 3. The minimum Gasteiger partial charge on any atom is -0.326 e. The number of para-hydroxylation sites is 1. The zero-order valence-electron chi connectivity index (χ0n) is 15.7. The second-order valence-corrected chi connectivity index (χ2v) is 7.81. The lowest BCUT2D eigenvalue weighted by molar-refractivity contribution is -0.116. The Morgan fingerprint density at radius 2 is 1.81 bits per heavy atom. The molecule has 1 aliphatic heterocycles. The molecular weight excluding hydrogens is 356 g/mol. The maximum atomic E-state index is 12.4. The number of amides is 2. The van der Waals surface area contributed by atoms with E-state index >= 15 is 0 Å². The highest BCUT2D eigenvalue weighted by Gasteiger charge is 2.33. The first-order valence-electron chi connectivity index (χ1n) is 9.57. The number of hydrogen-bond donors (Lipinski definition) is 1. The summed E-state index contributed by atoms with van der Waals surface area (Å²) in [5, 5.41) is 2.93. The molecule has 0 saturated carbocycles. The number of benzene rings is 2. The number of unbranched alkanes of at least 4 members (excludes halogenated alkanes) is 3. The first kappa shape index (κ1) is 19.5. The molecule has 0 radical (unpaired) electrons. The molecule has 0 bridgehead atoms. The number of nitrogens with one attached hydrogen (secondary N) is 1. The number of rotatable bonds is 8. The van der Waals surface area contributed by atoms with E-state index < -0.39 is 0 Å². The molecule has 1 heterocycles. The van der Waals surface area contributed by atoms with Gasteiger partial charge in [0.1, 0.15) is 5.37 Å². The van der Waals surface area contributed by atoms with Gasteiger partial charge in [0.05, 0.1) is 5.75 Å². The van der Waals surface area contributed by atoms with Crippen LogP contribution in [0.25, 0.3) is 0 Å². The van der Waals surface area contributed by atoms with Crippen LogP contribution in [0.5, 0.6) is 0 Å². The molecule has 0 spiro atoms. The van der Waals surface area contributed by atoms with Crippen LogP contribution in [0.3, 0.4) is 0 Å². The van der Waals surface area contributed by atoms with Gasteiger partial charge in [-0.3, -0.25) is 14.5 Å². The van der Waals surface area contributed by atoms with Gasteiger partial charge in [-0.05, 0) is 36.2 Å². The molecule has 3 rings (SSSR count). The minimum absolute atomic E-state index is 0.0290. The van der Waals surface area contributed by atoms with Crippen molar-refractivity contribution in [3.05, 3.63) is 60.2 Å². The quantitative estimate of drug-likeness (QED) is 0.624. The predicted octanol–water partition coefficient (Wildman–Crippen LogP) is 5.37. The summed E-state index contributed by atoms with van der Waals surface area (Å²) in [6.07, 6.45) is 4.95. The van der Waals surface area contributed by atoms with Crippen molar-refractivity contribution in [3.8, 4) is 0 Å². The normalized spacial score (nSPS) is 16.6. The molecule has 0 aromatic heterocycles. The standard InChI is InChI=1S/C22H26N2O2S/c1-2-3-4-8-11-20(25)23-18-14-12-17(13-15-18)22-24(21(26)16-27-22)19-9-6-5-7-10-19/h5-7,9-10,12-15,22H,2-4,8,11,16H2,1H3,(H,23,25). The smallest absolute Gasteiger partial charge is 0.238 e. The van der Waals surface area contributed by atoms with Crippen LogP contribution in [0, 0.1) is 0 Å². The zero-order valence-corrected chi connectivity index (χ0v) is 16.5. The van der Waals surface area contributed by atoms with Gasteiger partial charge in [0.15, 0.2) is 0 Å². The molecule has 4 nitrogen and oxygen atoms in total. The van der Waals surface area contributed by atoms with E-state index in [1.165, 1.54) is 12.8 Å². The Hall–Kier alpha value is -2.27. The van der Waals surface area contributed by atoms with Crippen LogP contribution in [0.2, 0.25) is 0 Å². The fraction of sp³-hybridized carbons (Fsp3) is 0.364. The average molecular weight is 383 g/mol. The number of carbonyl (C=O) groups is 2. The summed E-state index contributed by atoms with van der Waals surface area (Å²) in [6, 6.07) is 17.6. The van der Waals surface area contributed by atoms with Crippen LogP contribution >= 0.6 is 11.8 Å². The Bertz CT molecular complexity index is 762. The van der Waals surface area contributed by atoms with Gasteiger partial charge in [-0.2, -0.15) is 0 Å². The Morgan fingerprint density at radius 3 is 2.52 bits per heavy atom. The highest BCUT2D eigenvalue weighted by molar-refractivity contribution is 8.00. The van der Waals surface area contributed by atoms with Gasteiger partial charge in [-0.25, -0.2) is 0 Å². The molecule has 1 fully saturated rings. The third-order valence-corrected chi connectivity index (χ3v) is 5.85. The van der Waals surface area contributed by atoms with Gasteiger partial charge in [0, 0.05) is 17.8 Å². The monoisotopic (exact) mass is 382 g/mol. The highest BCUT2D eigenvalue weighted by Crippen LogP contribution is 2.41. The molecular formula is C22H26N2O2S. The van der Waals surface area contributed by atoms with Crippen LogP contribution in [-0.2, 0) is 9.59 Å². The summed E-state index contributed by atoms with van der Waals surface area (Å²) in [5.41, 5.74) is 2.79. The molecule has 2 aromatic rings. The maximum absolute atomic E-state index is 12.4. The molecule has 1 saturated heterocycles. The van der Waals surface area contributed by atoms with E-state index in [0.717, 1.165) is 29.8 Å². The van der Waals surface area contributed by atoms with Crippen LogP contribution in [0.15, 0.2) is 54.6 Å². The van der Waals surface area contributed by atoms with Gasteiger partial charge >= 0.3 is 0 Å². The first-order chi connectivity index (χ1) is 13.2. The molecule has 5 heteroatoms. The zero-order chi connectivity index (χ0) is 19.1. The lowest BCUT2D eigenvalue weighted by Crippen LogP contribution is -2.27. The van der Waals surface area contributed by atoms with Crippen LogP contribution in [-0.4, -0.2) is 17.6 Å². The maximum Gasteiger partial charge on any atom is 0.238 e. The summed E-state index contributed by atoms with van der Waals surface area (Å²) < 4.78 is 0. The number of carbonyl (C=O) groups excluding carboxylic acids is 2. The average Bonchev–Trinajstić information content (AvgIpc) is 3.08. The second-order valence-electron chi connectivity index (χ2n) is 6.74. The summed E-state index contributed by atoms with van der Waals surface area (Å²) >= 11 is 1.63. The molecule has 1 N–H and O–H groups in total. The molecule has 1 unspecified atom stereocenters. The summed E-state index contributed by atoms with van der Waals surface area (Å²) in [7, 11) is 0. The van der Waals surface area contributed by atoms with Gasteiger partial charge < -0.3 is 5.32 Å². The molecule has 142 valence electrons. The molecule has 1 atom stereocenters. The van der Waals surface area contributed by atoms with E-state index in [2.05, 4.69) is 12.2 Å². The number of thioether (sulfide) groups is 1. The Labute approximate surface area is 165 Å². The van der Waals surface area contributed by atoms with E-state index in [9.17, 15) is 9.59 Å². The van der Waals surface area contributed by atoms with Crippen molar-refractivity contribution in [2.45, 2.75) is 44.4 Å². The van der Waals surface area contributed by atoms with E-state index in [1.54, 1.807) is 11.8 Å². The number of anilines is 2. The van der Waals surface area contributed by atoms with Crippen molar-refractivity contribution in [1.82, 2.24) is 0 Å². The lowest BCUT2D eigenvalue weighted by Gasteiger charge is -2.24. The summed E-state index contributed by atoms with van der Waals surface area (Å²) in [4.78, 5) is 26.2. The molecule has 1 aliphatic rings. The van der Waals surface area contributed by atoms with Crippen molar-refractivity contribution in [1.29, 1.82) is 0 Å². The first-order valence-corrected chi connectivity index (χ1v) is 10.6. The summed E-state index contributed by atoms with van der Waals surface area (Å²) in [6.45, 7) is 2.16. The van der Waals surface area contributed by atoms with Gasteiger partial charge in [-0.15, -0.1) is 11.8 Å². The topological polar surface area (TPSA) is 49.4 Å². The van der Waals surface area contributed by atoms with Crippen LogP contribution < -0.4 is 10.2 Å².